The van der Waals surface area contributed by atoms with Crippen molar-refractivity contribution < 1.29 is 13.6 Å². The summed E-state index contributed by atoms with van der Waals surface area (Å²) in [6.07, 6.45) is 2.14. The highest BCUT2D eigenvalue weighted by molar-refractivity contribution is 9.10. The van der Waals surface area contributed by atoms with Crippen molar-refractivity contribution in [2.45, 2.75) is 12.8 Å². The molecule has 0 aromatic heterocycles. The zero-order chi connectivity index (χ0) is 16.4. The molecule has 0 saturated carbocycles. The summed E-state index contributed by atoms with van der Waals surface area (Å²) >= 11 is 3.20. The highest BCUT2D eigenvalue weighted by Crippen LogP contribution is 2.26. The molecule has 1 heterocycles. The zero-order valence-electron chi connectivity index (χ0n) is 12.3. The predicted molar refractivity (Wildman–Crippen MR) is 89.9 cm³/mol. The molecule has 1 amide bonds. The second-order valence-electron chi connectivity index (χ2n) is 5.47. The number of benzene rings is 2. The Balaban J connectivity index is 1.84. The lowest BCUT2D eigenvalue weighted by Gasteiger charge is -2.19. The lowest BCUT2D eigenvalue weighted by atomic mass is 10.2. The number of halogens is 3. The second kappa shape index (κ2) is 6.66. The minimum Gasteiger partial charge on any atom is -0.371 e. The van der Waals surface area contributed by atoms with Crippen molar-refractivity contribution >= 4 is 33.2 Å². The quantitative estimate of drug-likeness (QED) is 0.844. The molecule has 0 atom stereocenters. The molecule has 0 unspecified atom stereocenters. The molecule has 1 fully saturated rings. The van der Waals surface area contributed by atoms with Crippen LogP contribution in [-0.2, 0) is 0 Å². The SMILES string of the molecule is O=C(Nc1cc(F)cc(N2CCCC2)c1)c1cc(Br)ccc1F. The van der Waals surface area contributed by atoms with E-state index in [1.165, 1.54) is 30.3 Å². The van der Waals surface area contributed by atoms with Crippen LogP contribution in [0.4, 0.5) is 20.2 Å². The van der Waals surface area contributed by atoms with Gasteiger partial charge in [0.2, 0.25) is 0 Å². The van der Waals surface area contributed by atoms with E-state index >= 15 is 0 Å². The van der Waals surface area contributed by atoms with Crippen molar-refractivity contribution in [3.8, 4) is 0 Å². The average Bonchev–Trinajstić information content (AvgIpc) is 3.03. The van der Waals surface area contributed by atoms with Gasteiger partial charge in [0, 0.05) is 28.9 Å². The van der Waals surface area contributed by atoms with Crippen LogP contribution in [0, 0.1) is 11.6 Å². The number of carbonyl (C=O) groups excluding carboxylic acids is 1. The third-order valence-electron chi connectivity index (χ3n) is 3.78. The van der Waals surface area contributed by atoms with E-state index in [1.54, 1.807) is 6.07 Å². The largest absolute Gasteiger partial charge is 0.371 e. The van der Waals surface area contributed by atoms with Crippen LogP contribution in [0.1, 0.15) is 23.2 Å². The molecule has 1 aliphatic rings. The molecule has 1 aliphatic heterocycles. The zero-order valence-corrected chi connectivity index (χ0v) is 13.9. The first-order valence-corrected chi connectivity index (χ1v) is 8.14. The molecule has 0 bridgehead atoms. The Hall–Kier alpha value is -1.95. The molecule has 1 N–H and O–H groups in total. The Kier molecular flexibility index (Phi) is 4.61. The van der Waals surface area contributed by atoms with E-state index in [-0.39, 0.29) is 5.56 Å². The topological polar surface area (TPSA) is 32.3 Å². The number of amides is 1. The number of nitrogens with one attached hydrogen (secondary N) is 1. The molecule has 0 spiro atoms. The molecule has 2 aromatic carbocycles. The summed E-state index contributed by atoms with van der Waals surface area (Å²) < 4.78 is 28.2. The fraction of sp³-hybridized carbons (Fsp3) is 0.235. The molecular formula is C17H15BrF2N2O. The summed E-state index contributed by atoms with van der Waals surface area (Å²) in [5, 5.41) is 2.56. The van der Waals surface area contributed by atoms with Crippen LogP contribution < -0.4 is 10.2 Å². The maximum Gasteiger partial charge on any atom is 0.258 e. The fourth-order valence-corrected chi connectivity index (χ4v) is 3.04. The number of rotatable bonds is 3. The summed E-state index contributed by atoms with van der Waals surface area (Å²) in [5.41, 5.74) is 0.954. The van der Waals surface area contributed by atoms with Gasteiger partial charge in [-0.15, -0.1) is 0 Å². The molecule has 120 valence electrons. The Morgan fingerprint density at radius 3 is 2.57 bits per heavy atom. The van der Waals surface area contributed by atoms with Gasteiger partial charge in [0.05, 0.1) is 5.56 Å². The van der Waals surface area contributed by atoms with Crippen LogP contribution in [0.2, 0.25) is 0 Å². The van der Waals surface area contributed by atoms with Gasteiger partial charge in [0.15, 0.2) is 0 Å². The Bertz CT molecular complexity index is 745. The van der Waals surface area contributed by atoms with Crippen LogP contribution in [0.25, 0.3) is 0 Å². The van der Waals surface area contributed by atoms with Gasteiger partial charge in [-0.2, -0.15) is 0 Å². The standard InChI is InChI=1S/C17H15BrF2N2O/c18-11-3-4-16(20)15(7-11)17(23)21-13-8-12(19)9-14(10-13)22-5-1-2-6-22/h3-4,7-10H,1-2,5-6H2,(H,21,23). The summed E-state index contributed by atoms with van der Waals surface area (Å²) in [4.78, 5) is 14.3. The first kappa shape index (κ1) is 15.9. The molecule has 0 radical (unpaired) electrons. The second-order valence-corrected chi connectivity index (χ2v) is 6.39. The number of hydrogen-bond acceptors (Lipinski definition) is 2. The average molecular weight is 381 g/mol. The summed E-state index contributed by atoms with van der Waals surface area (Å²) in [5.74, 6) is -1.66. The minimum absolute atomic E-state index is 0.0913. The van der Waals surface area contributed by atoms with Gasteiger partial charge in [-0.3, -0.25) is 4.79 Å². The van der Waals surface area contributed by atoms with Crippen molar-refractivity contribution in [2.75, 3.05) is 23.3 Å². The lowest BCUT2D eigenvalue weighted by Crippen LogP contribution is -2.19. The van der Waals surface area contributed by atoms with Gasteiger partial charge in [-0.25, -0.2) is 8.78 Å². The van der Waals surface area contributed by atoms with Gasteiger partial charge in [0.1, 0.15) is 11.6 Å². The van der Waals surface area contributed by atoms with Gasteiger partial charge >= 0.3 is 0 Å². The van der Waals surface area contributed by atoms with Crippen LogP contribution >= 0.6 is 15.9 Å². The van der Waals surface area contributed by atoms with Crippen molar-refractivity contribution in [1.82, 2.24) is 0 Å². The number of anilines is 2. The summed E-state index contributed by atoms with van der Waals surface area (Å²) in [6, 6.07) is 8.50. The van der Waals surface area contributed by atoms with E-state index in [9.17, 15) is 13.6 Å². The fourth-order valence-electron chi connectivity index (χ4n) is 2.67. The minimum atomic E-state index is -0.623. The van der Waals surface area contributed by atoms with Gasteiger partial charge in [-0.1, -0.05) is 15.9 Å². The highest BCUT2D eigenvalue weighted by atomic mass is 79.9. The van der Waals surface area contributed by atoms with E-state index < -0.39 is 17.5 Å². The van der Waals surface area contributed by atoms with Gasteiger partial charge < -0.3 is 10.2 Å². The van der Waals surface area contributed by atoms with Crippen molar-refractivity contribution in [3.05, 3.63) is 58.1 Å². The number of carbonyl (C=O) groups is 1. The molecule has 0 aliphatic carbocycles. The van der Waals surface area contributed by atoms with E-state index in [4.69, 9.17) is 0 Å². The summed E-state index contributed by atoms with van der Waals surface area (Å²) in [7, 11) is 0. The number of nitrogens with zero attached hydrogens (tertiary/aromatic N) is 1. The van der Waals surface area contributed by atoms with Crippen molar-refractivity contribution in [2.24, 2.45) is 0 Å². The van der Waals surface area contributed by atoms with Crippen molar-refractivity contribution in [3.63, 3.8) is 0 Å². The van der Waals surface area contributed by atoms with E-state index in [0.29, 0.717) is 10.2 Å². The van der Waals surface area contributed by atoms with Crippen LogP contribution in [0.3, 0.4) is 0 Å². The monoisotopic (exact) mass is 380 g/mol. The van der Waals surface area contributed by atoms with E-state index in [2.05, 4.69) is 26.1 Å². The van der Waals surface area contributed by atoms with Gasteiger partial charge in [0.25, 0.3) is 5.91 Å². The van der Waals surface area contributed by atoms with Gasteiger partial charge in [-0.05, 0) is 49.2 Å². The molecule has 1 saturated heterocycles. The Morgan fingerprint density at radius 1 is 1.09 bits per heavy atom. The predicted octanol–water partition coefficient (Wildman–Crippen LogP) is 4.58. The van der Waals surface area contributed by atoms with Crippen LogP contribution in [0.15, 0.2) is 40.9 Å². The molecule has 3 rings (SSSR count). The third kappa shape index (κ3) is 3.69. The molecule has 3 nitrogen and oxygen atoms in total. The Morgan fingerprint density at radius 2 is 1.83 bits per heavy atom. The van der Waals surface area contributed by atoms with Crippen LogP contribution in [0.5, 0.6) is 0 Å². The molecular weight excluding hydrogens is 366 g/mol. The first-order chi connectivity index (χ1) is 11.0. The smallest absolute Gasteiger partial charge is 0.258 e. The summed E-state index contributed by atoms with van der Waals surface area (Å²) in [6.45, 7) is 1.74. The molecule has 6 heteroatoms. The Labute approximate surface area is 141 Å². The van der Waals surface area contributed by atoms with E-state index in [1.807, 2.05) is 0 Å². The third-order valence-corrected chi connectivity index (χ3v) is 4.28. The highest BCUT2D eigenvalue weighted by Gasteiger charge is 2.16. The molecule has 23 heavy (non-hydrogen) atoms. The molecule has 2 aromatic rings. The van der Waals surface area contributed by atoms with Crippen molar-refractivity contribution in [1.29, 1.82) is 0 Å². The normalized spacial score (nSPS) is 14.1. The lowest BCUT2D eigenvalue weighted by molar-refractivity contribution is 0.102. The number of hydrogen-bond donors (Lipinski definition) is 1. The maximum atomic E-state index is 13.8. The van der Waals surface area contributed by atoms with E-state index in [0.717, 1.165) is 31.6 Å². The maximum absolute atomic E-state index is 13.8. The van der Waals surface area contributed by atoms with Crippen LogP contribution in [-0.4, -0.2) is 19.0 Å². The first-order valence-electron chi connectivity index (χ1n) is 7.35.